The van der Waals surface area contributed by atoms with Gasteiger partial charge in [0.15, 0.2) is 6.29 Å². The second-order valence-corrected chi connectivity index (χ2v) is 3.60. The van der Waals surface area contributed by atoms with E-state index >= 15 is 0 Å². The van der Waals surface area contributed by atoms with Gasteiger partial charge in [0.25, 0.3) is 0 Å². The first-order chi connectivity index (χ1) is 8.23. The minimum atomic E-state index is -4.67. The predicted molar refractivity (Wildman–Crippen MR) is 58.7 cm³/mol. The number of aliphatic hydroxyl groups is 2. The number of carbonyl (C=O) groups excluding carboxylic acids is 2. The maximum Gasteiger partial charge on any atom is 1.00 e. The SMILES string of the molecule is CC(=O)[O-].CC(=O)[O-].CCCC(O)O.O=S(=O)(O)O.[Na+].[Na+]. The second kappa shape index (κ2) is 25.7. The van der Waals surface area contributed by atoms with E-state index in [9.17, 15) is 0 Å². The van der Waals surface area contributed by atoms with Crippen molar-refractivity contribution in [3.63, 3.8) is 0 Å². The average molecular weight is 352 g/mol. The number of carbonyl (C=O) groups is 2. The molecular weight excluding hydrogens is 334 g/mol. The average Bonchev–Trinajstić information content (AvgIpc) is 1.96. The molecule has 0 aromatic heterocycles. The first kappa shape index (κ1) is 37.7. The van der Waals surface area contributed by atoms with Crippen LogP contribution in [0.15, 0.2) is 0 Å². The summed E-state index contributed by atoms with van der Waals surface area (Å²) in [5.74, 6) is -2.17. The number of aliphatic carboxylic acids is 2. The van der Waals surface area contributed by atoms with Gasteiger partial charge in [-0.15, -0.1) is 0 Å². The zero-order chi connectivity index (χ0) is 16.6. The van der Waals surface area contributed by atoms with Crippen molar-refractivity contribution in [2.45, 2.75) is 39.9 Å². The summed E-state index contributed by atoms with van der Waals surface area (Å²) in [6.45, 7) is 3.85. The van der Waals surface area contributed by atoms with Crippen LogP contribution in [0.4, 0.5) is 0 Å². The van der Waals surface area contributed by atoms with Gasteiger partial charge in [0.2, 0.25) is 0 Å². The molecule has 0 aliphatic rings. The molecule has 0 amide bonds. The molecule has 0 rings (SSSR count). The number of aliphatic hydroxyl groups excluding tert-OH is 1. The number of hydrogen-bond donors (Lipinski definition) is 4. The fraction of sp³-hybridized carbons (Fsp3) is 0.750. The fourth-order valence-electron chi connectivity index (χ4n) is 0.258. The van der Waals surface area contributed by atoms with Crippen molar-refractivity contribution in [2.75, 3.05) is 0 Å². The molecule has 0 saturated carbocycles. The summed E-state index contributed by atoms with van der Waals surface area (Å²) in [6.07, 6.45) is 0.215. The number of rotatable bonds is 2. The third kappa shape index (κ3) is 523. The van der Waals surface area contributed by atoms with E-state index in [2.05, 4.69) is 0 Å². The van der Waals surface area contributed by atoms with Gasteiger partial charge in [0, 0.05) is 11.9 Å². The molecule has 13 heteroatoms. The summed E-state index contributed by atoms with van der Waals surface area (Å²) in [5.41, 5.74) is 0. The molecule has 0 saturated heterocycles. The van der Waals surface area contributed by atoms with E-state index in [4.69, 9.17) is 47.5 Å². The molecule has 4 N–H and O–H groups in total. The van der Waals surface area contributed by atoms with Crippen LogP contribution in [0.5, 0.6) is 0 Å². The Balaban J connectivity index is -0.0000000351. The van der Waals surface area contributed by atoms with Crippen LogP contribution >= 0.6 is 0 Å². The van der Waals surface area contributed by atoms with Gasteiger partial charge in [-0.3, -0.25) is 9.11 Å². The van der Waals surface area contributed by atoms with E-state index in [-0.39, 0.29) is 59.1 Å². The van der Waals surface area contributed by atoms with Gasteiger partial charge >= 0.3 is 69.5 Å². The molecule has 0 atom stereocenters. The van der Waals surface area contributed by atoms with E-state index in [1.54, 1.807) is 0 Å². The van der Waals surface area contributed by atoms with Crippen molar-refractivity contribution in [3.05, 3.63) is 0 Å². The van der Waals surface area contributed by atoms with Gasteiger partial charge in [-0.1, -0.05) is 13.3 Å². The summed E-state index contributed by atoms with van der Waals surface area (Å²) < 4.78 is 31.6. The largest absolute Gasteiger partial charge is 1.00 e. The van der Waals surface area contributed by atoms with E-state index < -0.39 is 28.6 Å². The summed E-state index contributed by atoms with van der Waals surface area (Å²) in [4.78, 5) is 17.8. The quantitative estimate of drug-likeness (QED) is 0.210. The molecule has 0 aliphatic heterocycles. The maximum absolute atomic E-state index is 8.89. The van der Waals surface area contributed by atoms with Crippen LogP contribution in [-0.4, -0.2) is 46.0 Å². The first-order valence-corrected chi connectivity index (χ1v) is 6.04. The molecule has 0 radical (unpaired) electrons. The van der Waals surface area contributed by atoms with Gasteiger partial charge in [-0.2, -0.15) is 8.42 Å². The standard InChI is InChI=1S/C4H10O2.2C2H4O2.2Na.H2O4S/c1-2-3-4(5)6;2*1-2(3)4;;;1-5(2,3)4/h4-6H,2-3H2,1H3;2*1H3,(H,3,4);;;(H2,1,2,3,4)/q;;;2*+1;/p-2. The number of carboxylic acid groups (broad SMARTS) is 2. The van der Waals surface area contributed by atoms with Crippen LogP contribution < -0.4 is 69.3 Å². The molecule has 0 bridgehead atoms. The molecule has 118 valence electrons. The van der Waals surface area contributed by atoms with Crippen molar-refractivity contribution in [1.82, 2.24) is 0 Å². The topological polar surface area (TPSA) is 195 Å². The molecule has 0 spiro atoms. The van der Waals surface area contributed by atoms with Gasteiger partial charge in [0.1, 0.15) is 0 Å². The summed E-state index contributed by atoms with van der Waals surface area (Å²) >= 11 is 0. The molecule has 0 heterocycles. The van der Waals surface area contributed by atoms with Crippen molar-refractivity contribution in [3.8, 4) is 0 Å². The normalized spacial score (nSPS) is 8.00. The minimum Gasteiger partial charge on any atom is -0.550 e. The molecule has 21 heavy (non-hydrogen) atoms. The van der Waals surface area contributed by atoms with Crippen LogP contribution in [0, 0.1) is 0 Å². The summed E-state index contributed by atoms with van der Waals surface area (Å²) in [6, 6.07) is 0. The third-order valence-electron chi connectivity index (χ3n) is 0.547. The van der Waals surface area contributed by atoms with Crippen LogP contribution in [0.25, 0.3) is 0 Å². The molecule has 0 aliphatic carbocycles. The van der Waals surface area contributed by atoms with Crippen molar-refractivity contribution < 1.29 is 107 Å². The Hall–Kier alpha value is 0.730. The summed E-state index contributed by atoms with van der Waals surface area (Å²) in [5, 5.41) is 34.0. The predicted octanol–water partition coefficient (Wildman–Crippen LogP) is -9.04. The van der Waals surface area contributed by atoms with Gasteiger partial charge in [-0.25, -0.2) is 0 Å². The molecule has 10 nitrogen and oxygen atoms in total. The maximum atomic E-state index is 8.89. The molecule has 0 aromatic rings. The Morgan fingerprint density at radius 2 is 1.14 bits per heavy atom. The number of carboxylic acids is 2. The van der Waals surface area contributed by atoms with Crippen LogP contribution in [-0.2, 0) is 20.0 Å². The fourth-order valence-corrected chi connectivity index (χ4v) is 0.258. The van der Waals surface area contributed by atoms with E-state index in [1.165, 1.54) is 0 Å². The monoisotopic (exact) mass is 352 g/mol. The Bertz CT molecular complexity index is 289. The smallest absolute Gasteiger partial charge is 0.550 e. The van der Waals surface area contributed by atoms with Crippen molar-refractivity contribution in [1.29, 1.82) is 0 Å². The Morgan fingerprint density at radius 3 is 1.14 bits per heavy atom. The van der Waals surface area contributed by atoms with E-state index in [0.29, 0.717) is 6.42 Å². The zero-order valence-electron chi connectivity index (χ0n) is 12.6. The van der Waals surface area contributed by atoms with E-state index in [1.807, 2.05) is 6.92 Å². The second-order valence-electron chi connectivity index (χ2n) is 2.70. The Kier molecular flexibility index (Phi) is 46.1. The van der Waals surface area contributed by atoms with Crippen LogP contribution in [0.2, 0.25) is 0 Å². The minimum absolute atomic E-state index is 0. The molecule has 0 unspecified atom stereocenters. The van der Waals surface area contributed by atoms with Crippen LogP contribution in [0.3, 0.4) is 0 Å². The van der Waals surface area contributed by atoms with Gasteiger partial charge in [0.05, 0.1) is 0 Å². The Labute approximate surface area is 167 Å². The summed E-state index contributed by atoms with van der Waals surface area (Å²) in [7, 11) is -4.67. The van der Waals surface area contributed by atoms with Crippen molar-refractivity contribution in [2.24, 2.45) is 0 Å². The Morgan fingerprint density at radius 1 is 1.00 bits per heavy atom. The first-order valence-electron chi connectivity index (χ1n) is 4.65. The number of hydrogen-bond acceptors (Lipinski definition) is 8. The molecule has 0 fully saturated rings. The van der Waals surface area contributed by atoms with E-state index in [0.717, 1.165) is 20.3 Å². The van der Waals surface area contributed by atoms with Gasteiger partial charge < -0.3 is 30.0 Å². The van der Waals surface area contributed by atoms with Crippen molar-refractivity contribution >= 4 is 22.3 Å². The zero-order valence-corrected chi connectivity index (χ0v) is 17.5. The van der Waals surface area contributed by atoms with Crippen LogP contribution in [0.1, 0.15) is 33.6 Å². The molecule has 0 aromatic carbocycles. The molecular formula is C8H18Na2O10S. The third-order valence-corrected chi connectivity index (χ3v) is 0.547. The van der Waals surface area contributed by atoms with Gasteiger partial charge in [-0.05, 0) is 20.3 Å².